The van der Waals surface area contributed by atoms with Gasteiger partial charge in [-0.1, -0.05) is 0 Å². The molecule has 0 saturated carbocycles. The molecule has 2 aromatic rings. The summed E-state index contributed by atoms with van der Waals surface area (Å²) >= 11 is 0. The minimum absolute atomic E-state index is 0.0464. The number of benzene rings is 1. The van der Waals surface area contributed by atoms with Crippen molar-refractivity contribution >= 4 is 39.0 Å². The van der Waals surface area contributed by atoms with Crippen LogP contribution in [-0.4, -0.2) is 36.4 Å². The third-order valence-electron chi connectivity index (χ3n) is 2.85. The number of nitrogens with zero attached hydrogens (tertiary/aromatic N) is 4. The van der Waals surface area contributed by atoms with Crippen LogP contribution in [0, 0.1) is 0 Å². The highest BCUT2D eigenvalue weighted by molar-refractivity contribution is 7.89. The third-order valence-corrected chi connectivity index (χ3v) is 3.75. The highest BCUT2D eigenvalue weighted by Gasteiger charge is 2.19. The Hall–Kier alpha value is -2.95. The van der Waals surface area contributed by atoms with E-state index in [4.69, 9.17) is 16.2 Å². The van der Waals surface area contributed by atoms with Crippen LogP contribution in [0.4, 0.5) is 23.0 Å². The Labute approximate surface area is 138 Å². The molecule has 24 heavy (non-hydrogen) atoms. The molecule has 4 N–H and O–H groups in total. The molecule has 10 nitrogen and oxygen atoms in total. The maximum absolute atomic E-state index is 11.5. The van der Waals surface area contributed by atoms with Crippen LogP contribution in [0.3, 0.4) is 0 Å². The van der Waals surface area contributed by atoms with Crippen LogP contribution in [0.5, 0.6) is 0 Å². The molecule has 1 aromatic heterocycles. The predicted octanol–water partition coefficient (Wildman–Crippen LogP) is 1.45. The number of aromatic nitrogens is 2. The third kappa shape index (κ3) is 3.68. The molecular weight excluding hydrogens is 336 g/mol. The Morgan fingerprint density at radius 2 is 1.88 bits per heavy atom. The summed E-state index contributed by atoms with van der Waals surface area (Å²) in [6.07, 6.45) is 0.935. The molecular formula is C13H16N6O4S. The van der Waals surface area contributed by atoms with Gasteiger partial charge < -0.3 is 16.2 Å². The summed E-state index contributed by atoms with van der Waals surface area (Å²) in [5.74, 6) is -0.837. The van der Waals surface area contributed by atoms with Gasteiger partial charge in [0.2, 0.25) is 0 Å². The zero-order valence-electron chi connectivity index (χ0n) is 13.0. The van der Waals surface area contributed by atoms with Crippen LogP contribution in [0.1, 0.15) is 17.3 Å². The topological polar surface area (TPSA) is 155 Å². The molecule has 0 aliphatic carbocycles. The Balaban J connectivity index is 2.26. The van der Waals surface area contributed by atoms with Crippen LogP contribution >= 0.6 is 0 Å². The highest BCUT2D eigenvalue weighted by atomic mass is 32.2. The fourth-order valence-corrected chi connectivity index (χ4v) is 2.44. The quantitative estimate of drug-likeness (QED) is 0.609. The van der Waals surface area contributed by atoms with Gasteiger partial charge in [-0.2, -0.15) is 5.11 Å². The number of hydrogen-bond acceptors (Lipinski definition) is 9. The van der Waals surface area contributed by atoms with Crippen molar-refractivity contribution in [2.45, 2.75) is 6.92 Å². The summed E-state index contributed by atoms with van der Waals surface area (Å²) in [6, 6.07) is 6.14. The van der Waals surface area contributed by atoms with Crippen LogP contribution in [0.2, 0.25) is 0 Å². The molecule has 0 unspecified atom stereocenters. The fraction of sp³-hybridized carbons (Fsp3) is 0.231. The van der Waals surface area contributed by atoms with E-state index >= 15 is 0 Å². The summed E-state index contributed by atoms with van der Waals surface area (Å²) in [6.45, 7) is 2.00. The van der Waals surface area contributed by atoms with Crippen molar-refractivity contribution in [1.29, 1.82) is 0 Å². The predicted molar refractivity (Wildman–Crippen MR) is 87.9 cm³/mol. The first kappa shape index (κ1) is 17.4. The number of esters is 1. The Bertz CT molecular complexity index is 886. The lowest BCUT2D eigenvalue weighted by molar-refractivity contribution is 0.0526. The van der Waals surface area contributed by atoms with Crippen molar-refractivity contribution in [3.63, 3.8) is 0 Å². The number of carbonyl (C=O) groups excluding carboxylic acids is 1. The number of ether oxygens (including phenoxy) is 1. The van der Waals surface area contributed by atoms with Crippen LogP contribution < -0.4 is 11.5 Å². The first-order valence-electron chi connectivity index (χ1n) is 6.77. The second-order valence-corrected chi connectivity index (χ2v) is 6.50. The molecule has 11 heteroatoms. The van der Waals surface area contributed by atoms with E-state index < -0.39 is 16.0 Å². The van der Waals surface area contributed by atoms with Crippen LogP contribution in [0.15, 0.2) is 34.5 Å². The number of nitrogen functional groups attached to an aromatic ring is 2. The zero-order valence-corrected chi connectivity index (χ0v) is 13.8. The lowest BCUT2D eigenvalue weighted by Gasteiger charge is -2.01. The minimum atomic E-state index is -3.69. The number of azo groups is 1. The summed E-state index contributed by atoms with van der Waals surface area (Å²) in [5.41, 5.74) is 12.0. The molecule has 0 aliphatic rings. The smallest absolute Gasteiger partial charge is 0.338 e. The largest absolute Gasteiger partial charge is 0.462 e. The van der Waals surface area contributed by atoms with Gasteiger partial charge in [-0.15, -0.1) is 14.3 Å². The van der Waals surface area contributed by atoms with Gasteiger partial charge in [-0.05, 0) is 31.2 Å². The van der Waals surface area contributed by atoms with E-state index in [0.717, 1.165) is 6.26 Å². The average molecular weight is 352 g/mol. The molecule has 0 spiro atoms. The molecule has 1 aromatic carbocycles. The number of carbonyl (C=O) groups is 1. The molecule has 128 valence electrons. The van der Waals surface area contributed by atoms with Crippen molar-refractivity contribution in [1.82, 2.24) is 9.19 Å². The van der Waals surface area contributed by atoms with Crippen molar-refractivity contribution in [3.8, 4) is 0 Å². The van der Waals surface area contributed by atoms with E-state index in [1.54, 1.807) is 19.1 Å². The Morgan fingerprint density at radius 3 is 2.38 bits per heavy atom. The fourth-order valence-electron chi connectivity index (χ4n) is 1.76. The first-order valence-corrected chi connectivity index (χ1v) is 8.62. The van der Waals surface area contributed by atoms with E-state index in [0.29, 0.717) is 15.3 Å². The summed E-state index contributed by atoms with van der Waals surface area (Å²) in [5, 5.41) is 11.4. The molecule has 0 radical (unpaired) electrons. The van der Waals surface area contributed by atoms with E-state index in [2.05, 4.69) is 15.3 Å². The molecule has 0 aliphatic heterocycles. The van der Waals surface area contributed by atoms with E-state index in [-0.39, 0.29) is 23.9 Å². The van der Waals surface area contributed by atoms with Crippen LogP contribution in [0.25, 0.3) is 0 Å². The van der Waals surface area contributed by atoms with E-state index in [1.807, 2.05) is 0 Å². The average Bonchev–Trinajstić information content (AvgIpc) is 2.81. The van der Waals surface area contributed by atoms with Crippen molar-refractivity contribution in [2.24, 2.45) is 10.2 Å². The SMILES string of the molecule is CCOC(=O)c1ccc(N=Nc2c(N)nn(S(C)(=O)=O)c2N)cc1. The minimum Gasteiger partial charge on any atom is -0.462 e. The van der Waals surface area contributed by atoms with E-state index in [9.17, 15) is 13.2 Å². The van der Waals surface area contributed by atoms with Gasteiger partial charge in [-0.3, -0.25) is 0 Å². The van der Waals surface area contributed by atoms with Crippen LogP contribution in [-0.2, 0) is 14.8 Å². The highest BCUT2D eigenvalue weighted by Crippen LogP contribution is 2.31. The summed E-state index contributed by atoms with van der Waals surface area (Å²) in [7, 11) is -3.69. The van der Waals surface area contributed by atoms with Crippen molar-refractivity contribution < 1.29 is 17.9 Å². The number of anilines is 2. The number of rotatable bonds is 5. The molecule has 1 heterocycles. The van der Waals surface area contributed by atoms with Gasteiger partial charge in [0.05, 0.1) is 24.1 Å². The normalized spacial score (nSPS) is 11.8. The van der Waals surface area contributed by atoms with Crippen molar-refractivity contribution in [2.75, 3.05) is 24.3 Å². The zero-order chi connectivity index (χ0) is 17.9. The Kier molecular flexibility index (Phi) is 4.83. The molecule has 0 fully saturated rings. The maximum Gasteiger partial charge on any atom is 0.338 e. The van der Waals surface area contributed by atoms with Gasteiger partial charge in [0.25, 0.3) is 10.0 Å². The lowest BCUT2D eigenvalue weighted by atomic mass is 10.2. The summed E-state index contributed by atoms with van der Waals surface area (Å²) < 4.78 is 28.4. The van der Waals surface area contributed by atoms with Gasteiger partial charge >= 0.3 is 5.97 Å². The molecule has 0 amide bonds. The Morgan fingerprint density at radius 1 is 1.25 bits per heavy atom. The summed E-state index contributed by atoms with van der Waals surface area (Å²) in [4.78, 5) is 11.5. The lowest BCUT2D eigenvalue weighted by Crippen LogP contribution is -2.14. The van der Waals surface area contributed by atoms with Gasteiger partial charge in [0.15, 0.2) is 17.3 Å². The van der Waals surface area contributed by atoms with Crippen molar-refractivity contribution in [3.05, 3.63) is 29.8 Å². The molecule has 0 bridgehead atoms. The maximum atomic E-state index is 11.5. The number of hydrogen-bond donors (Lipinski definition) is 2. The van der Waals surface area contributed by atoms with Gasteiger partial charge in [0, 0.05) is 0 Å². The van der Waals surface area contributed by atoms with E-state index in [1.165, 1.54) is 12.1 Å². The molecule has 0 atom stereocenters. The van der Waals surface area contributed by atoms with Gasteiger partial charge in [0.1, 0.15) is 0 Å². The standard InChI is InChI=1S/C13H16N6O4S/c1-3-23-13(20)8-4-6-9(7-5-8)16-17-10-11(14)18-19(12(10)15)24(2,21)22/h4-7H,3,15H2,1-2H3,(H2,14,18). The van der Waals surface area contributed by atoms with Gasteiger partial charge in [-0.25, -0.2) is 13.2 Å². The molecule has 2 rings (SSSR count). The second-order valence-electron chi connectivity index (χ2n) is 4.69. The number of nitrogens with two attached hydrogens (primary N) is 2. The second kappa shape index (κ2) is 6.66. The molecule has 0 saturated heterocycles. The first-order chi connectivity index (χ1) is 11.2. The monoisotopic (exact) mass is 352 g/mol.